The molecule has 2 aliphatic rings. The van der Waals surface area contributed by atoms with Gasteiger partial charge in [-0.25, -0.2) is 9.97 Å². The van der Waals surface area contributed by atoms with Crippen molar-refractivity contribution in [1.29, 1.82) is 0 Å². The number of anilines is 1. The van der Waals surface area contributed by atoms with Gasteiger partial charge in [0.05, 0.1) is 18.9 Å². The van der Waals surface area contributed by atoms with Crippen molar-refractivity contribution in [1.82, 2.24) is 9.97 Å². The Labute approximate surface area is 126 Å². The van der Waals surface area contributed by atoms with Gasteiger partial charge in [-0.1, -0.05) is 0 Å². The van der Waals surface area contributed by atoms with Crippen molar-refractivity contribution in [3.63, 3.8) is 0 Å². The molecule has 0 atom stereocenters. The fraction of sp³-hybridized carbons (Fsp3) is 0.333. The smallest absolute Gasteiger partial charge is 0.161 e. The predicted octanol–water partition coefficient (Wildman–Crippen LogP) is 2.63. The SMILES string of the molecule is Nc1nc(-c2ccc3c(c2)OCCCO3)nc2c1CSC2. The number of fused-ring (bicyclic) bond motifs is 2. The molecule has 0 spiro atoms. The Kier molecular flexibility index (Phi) is 3.11. The molecule has 2 N–H and O–H groups in total. The van der Waals surface area contributed by atoms with E-state index in [1.54, 1.807) is 0 Å². The summed E-state index contributed by atoms with van der Waals surface area (Å²) >= 11 is 1.82. The Morgan fingerprint density at radius 3 is 2.81 bits per heavy atom. The number of ether oxygens (including phenoxy) is 2. The second-order valence-corrected chi connectivity index (χ2v) is 6.05. The van der Waals surface area contributed by atoms with E-state index >= 15 is 0 Å². The van der Waals surface area contributed by atoms with Gasteiger partial charge < -0.3 is 15.2 Å². The summed E-state index contributed by atoms with van der Waals surface area (Å²) in [5.41, 5.74) is 9.09. The van der Waals surface area contributed by atoms with Gasteiger partial charge in [0.15, 0.2) is 17.3 Å². The van der Waals surface area contributed by atoms with Gasteiger partial charge in [0, 0.05) is 29.1 Å². The lowest BCUT2D eigenvalue weighted by Gasteiger charge is -2.10. The van der Waals surface area contributed by atoms with Gasteiger partial charge in [0.25, 0.3) is 0 Å². The summed E-state index contributed by atoms with van der Waals surface area (Å²) in [4.78, 5) is 9.09. The first-order chi connectivity index (χ1) is 10.3. The lowest BCUT2D eigenvalue weighted by Crippen LogP contribution is -2.03. The molecule has 21 heavy (non-hydrogen) atoms. The molecule has 5 nitrogen and oxygen atoms in total. The monoisotopic (exact) mass is 301 g/mol. The number of hydrogen-bond donors (Lipinski definition) is 1. The molecule has 4 rings (SSSR count). The number of aromatic nitrogens is 2. The molecule has 0 aliphatic carbocycles. The van der Waals surface area contributed by atoms with E-state index < -0.39 is 0 Å². The Morgan fingerprint density at radius 1 is 1.05 bits per heavy atom. The molecule has 0 saturated carbocycles. The molecule has 0 unspecified atom stereocenters. The van der Waals surface area contributed by atoms with Crippen molar-refractivity contribution in [2.24, 2.45) is 0 Å². The average Bonchev–Trinajstić information content (AvgIpc) is 2.85. The molecule has 0 fully saturated rings. The van der Waals surface area contributed by atoms with Crippen LogP contribution in [0.1, 0.15) is 17.7 Å². The van der Waals surface area contributed by atoms with E-state index in [0.29, 0.717) is 24.9 Å². The fourth-order valence-corrected chi connectivity index (χ4v) is 3.56. The summed E-state index contributed by atoms with van der Waals surface area (Å²) in [6.45, 7) is 1.35. The van der Waals surface area contributed by atoms with Gasteiger partial charge in [0.1, 0.15) is 5.82 Å². The molecule has 0 radical (unpaired) electrons. The maximum absolute atomic E-state index is 6.05. The third kappa shape index (κ3) is 2.29. The maximum atomic E-state index is 6.05. The third-order valence-corrected chi connectivity index (χ3v) is 4.59. The van der Waals surface area contributed by atoms with Crippen LogP contribution in [0.4, 0.5) is 5.82 Å². The van der Waals surface area contributed by atoms with Gasteiger partial charge in [-0.05, 0) is 18.2 Å². The third-order valence-electron chi connectivity index (χ3n) is 3.62. The number of rotatable bonds is 1. The largest absolute Gasteiger partial charge is 0.490 e. The molecule has 1 aromatic heterocycles. The molecule has 0 bridgehead atoms. The highest BCUT2D eigenvalue weighted by molar-refractivity contribution is 7.98. The zero-order valence-electron chi connectivity index (χ0n) is 11.5. The zero-order valence-corrected chi connectivity index (χ0v) is 12.3. The Balaban J connectivity index is 1.77. The fourth-order valence-electron chi connectivity index (χ4n) is 2.51. The number of nitrogens with zero attached hydrogens (tertiary/aromatic N) is 2. The van der Waals surface area contributed by atoms with Gasteiger partial charge in [-0.15, -0.1) is 0 Å². The van der Waals surface area contributed by atoms with Crippen LogP contribution in [0, 0.1) is 0 Å². The Morgan fingerprint density at radius 2 is 1.90 bits per heavy atom. The maximum Gasteiger partial charge on any atom is 0.161 e. The van der Waals surface area contributed by atoms with Crippen molar-refractivity contribution in [3.05, 3.63) is 29.5 Å². The van der Waals surface area contributed by atoms with Crippen LogP contribution in [-0.4, -0.2) is 23.2 Å². The van der Waals surface area contributed by atoms with Crippen LogP contribution in [0.3, 0.4) is 0 Å². The average molecular weight is 301 g/mol. The van der Waals surface area contributed by atoms with Gasteiger partial charge in [-0.2, -0.15) is 11.8 Å². The lowest BCUT2D eigenvalue weighted by molar-refractivity contribution is 0.297. The van der Waals surface area contributed by atoms with Crippen molar-refractivity contribution >= 4 is 17.6 Å². The van der Waals surface area contributed by atoms with Crippen molar-refractivity contribution < 1.29 is 9.47 Å². The zero-order chi connectivity index (χ0) is 14.2. The molecular weight excluding hydrogens is 286 g/mol. The molecule has 0 saturated heterocycles. The normalized spacial score (nSPS) is 16.4. The molecule has 0 amide bonds. The molecule has 2 aliphatic heterocycles. The van der Waals surface area contributed by atoms with E-state index in [9.17, 15) is 0 Å². The molecule has 6 heteroatoms. The first kappa shape index (κ1) is 12.8. The molecular formula is C15H15N3O2S. The van der Waals surface area contributed by atoms with E-state index in [4.69, 9.17) is 15.2 Å². The van der Waals surface area contributed by atoms with E-state index in [2.05, 4.69) is 9.97 Å². The standard InChI is InChI=1S/C15H15N3O2S/c16-14-10-7-21-8-11(10)17-15(18-14)9-2-3-12-13(6-9)20-5-1-4-19-12/h2-3,6H,1,4-5,7-8H2,(H2,16,17,18). The summed E-state index contributed by atoms with van der Waals surface area (Å²) in [5, 5.41) is 0. The number of nitrogen functional groups attached to an aromatic ring is 1. The van der Waals surface area contributed by atoms with Gasteiger partial charge in [-0.3, -0.25) is 0 Å². The number of hydrogen-bond acceptors (Lipinski definition) is 6. The number of thioether (sulfide) groups is 1. The predicted molar refractivity (Wildman–Crippen MR) is 82.5 cm³/mol. The summed E-state index contributed by atoms with van der Waals surface area (Å²) < 4.78 is 11.4. The molecule has 108 valence electrons. The second-order valence-electron chi connectivity index (χ2n) is 5.06. The van der Waals surface area contributed by atoms with Crippen molar-refractivity contribution in [2.75, 3.05) is 18.9 Å². The summed E-state index contributed by atoms with van der Waals surface area (Å²) in [5.74, 6) is 4.59. The summed E-state index contributed by atoms with van der Waals surface area (Å²) in [7, 11) is 0. The first-order valence-electron chi connectivity index (χ1n) is 6.94. The van der Waals surface area contributed by atoms with Crippen LogP contribution < -0.4 is 15.2 Å². The molecule has 3 heterocycles. The Hall–Kier alpha value is -1.95. The van der Waals surface area contributed by atoms with Crippen molar-refractivity contribution in [3.8, 4) is 22.9 Å². The first-order valence-corrected chi connectivity index (χ1v) is 8.10. The van der Waals surface area contributed by atoms with Crippen LogP contribution in [0.25, 0.3) is 11.4 Å². The summed E-state index contributed by atoms with van der Waals surface area (Å²) in [6, 6.07) is 5.80. The second kappa shape index (κ2) is 5.11. The van der Waals surface area contributed by atoms with Crippen molar-refractivity contribution in [2.45, 2.75) is 17.9 Å². The Bertz CT molecular complexity index is 706. The van der Waals surface area contributed by atoms with Crippen LogP contribution in [-0.2, 0) is 11.5 Å². The highest BCUT2D eigenvalue weighted by Crippen LogP contribution is 2.36. The van der Waals surface area contributed by atoms with Crippen LogP contribution in [0.2, 0.25) is 0 Å². The minimum Gasteiger partial charge on any atom is -0.490 e. The molecule has 2 aromatic rings. The summed E-state index contributed by atoms with van der Waals surface area (Å²) in [6.07, 6.45) is 0.892. The van der Waals surface area contributed by atoms with Crippen LogP contribution >= 0.6 is 11.8 Å². The van der Waals surface area contributed by atoms with Gasteiger partial charge >= 0.3 is 0 Å². The van der Waals surface area contributed by atoms with E-state index in [1.165, 1.54) is 0 Å². The molecule has 1 aromatic carbocycles. The van der Waals surface area contributed by atoms with E-state index in [1.807, 2.05) is 30.0 Å². The minimum atomic E-state index is 0.590. The van der Waals surface area contributed by atoms with E-state index in [0.717, 1.165) is 46.2 Å². The highest BCUT2D eigenvalue weighted by atomic mass is 32.2. The van der Waals surface area contributed by atoms with Crippen LogP contribution in [0.15, 0.2) is 18.2 Å². The number of benzene rings is 1. The topological polar surface area (TPSA) is 70.3 Å². The highest BCUT2D eigenvalue weighted by Gasteiger charge is 2.19. The number of nitrogens with two attached hydrogens (primary N) is 1. The van der Waals surface area contributed by atoms with E-state index in [-0.39, 0.29) is 0 Å². The van der Waals surface area contributed by atoms with Crippen LogP contribution in [0.5, 0.6) is 11.5 Å². The quantitative estimate of drug-likeness (QED) is 0.873. The van der Waals surface area contributed by atoms with Gasteiger partial charge in [0.2, 0.25) is 0 Å². The lowest BCUT2D eigenvalue weighted by atomic mass is 10.1. The minimum absolute atomic E-state index is 0.590.